The molecular weight excluding hydrogens is 1300 g/mol. The van der Waals surface area contributed by atoms with Crippen molar-refractivity contribution in [3.05, 3.63) is 62.5 Å². The molecule has 2 fully saturated rings. The van der Waals surface area contributed by atoms with Gasteiger partial charge in [0, 0.05) is 40.3 Å². The number of nitrogens with one attached hydrogen (secondary N) is 2. The van der Waals surface area contributed by atoms with Crippen LogP contribution in [0.25, 0.3) is 0 Å². The summed E-state index contributed by atoms with van der Waals surface area (Å²) in [6.07, 6.45) is 39.6. The minimum atomic E-state index is -4.49. The van der Waals surface area contributed by atoms with Crippen LogP contribution in [-0.2, 0) is 79.9 Å². The van der Waals surface area contributed by atoms with Crippen LogP contribution >= 0.6 is 7.82 Å². The van der Waals surface area contributed by atoms with Crippen molar-refractivity contribution in [1.82, 2.24) is 10.6 Å². The van der Waals surface area contributed by atoms with Gasteiger partial charge in [0.25, 0.3) is 0 Å². The van der Waals surface area contributed by atoms with E-state index in [-0.39, 0.29) is 70.3 Å². The Bertz CT molecular complexity index is 2170. The molecule has 0 spiro atoms. The lowest BCUT2D eigenvalue weighted by Crippen LogP contribution is -2.68. The molecule has 2 aliphatic rings. The first kappa shape index (κ1) is 92.3. The van der Waals surface area contributed by atoms with Crippen molar-refractivity contribution in [2.75, 3.05) is 60.5 Å². The first-order valence-corrected chi connectivity index (χ1v) is 40.7. The number of allylic oxidation sites excluding steroid dienone is 3. The van der Waals surface area contributed by atoms with Gasteiger partial charge in [0.15, 0.2) is 12.4 Å². The van der Waals surface area contributed by atoms with E-state index in [1.807, 2.05) is 0 Å². The van der Waals surface area contributed by atoms with Crippen molar-refractivity contribution in [3.8, 4) is 0 Å². The molecule has 11 atom stereocenters. The van der Waals surface area contributed by atoms with Gasteiger partial charge < -0.3 is 58.0 Å². The molecule has 20 nitrogen and oxygen atoms in total. The summed E-state index contributed by atoms with van der Waals surface area (Å²) in [5, 5.41) is 6.22. The van der Waals surface area contributed by atoms with E-state index in [1.165, 1.54) is 102 Å². The average molecular weight is 1440 g/mol. The smallest absolute Gasteiger partial charge is 0.471 e. The normalized spacial score (nSPS) is 21.3. The van der Waals surface area contributed by atoms with Crippen molar-refractivity contribution in [3.63, 3.8) is 0 Å². The minimum Gasteiger partial charge on any atom is -0.471 e. The number of Topliss-reactive ketones (excluding diaryl/α,β-unsaturated/α-hetero) is 1. The zero-order valence-electron chi connectivity index (χ0n) is 63.5. The first-order valence-electron chi connectivity index (χ1n) is 39.3. The maximum absolute atomic E-state index is 14.8. The molecule has 2 saturated heterocycles. The molecular formula is C79H141N2O18P. The summed E-state index contributed by atoms with van der Waals surface area (Å²) in [6, 6.07) is -2.33. The second kappa shape index (κ2) is 62.6. The Balaban J connectivity index is 2.74. The Morgan fingerprint density at radius 1 is 0.500 bits per heavy atom. The Hall–Kier alpha value is -3.79. The van der Waals surface area contributed by atoms with Gasteiger partial charge in [-0.2, -0.15) is 0 Å². The predicted molar refractivity (Wildman–Crippen MR) is 398 cm³/mol. The summed E-state index contributed by atoms with van der Waals surface area (Å²) >= 11 is 0. The molecule has 21 heteroatoms. The van der Waals surface area contributed by atoms with Gasteiger partial charge in [0.1, 0.15) is 55.0 Å². The molecule has 0 saturated carbocycles. The van der Waals surface area contributed by atoms with Gasteiger partial charge in [-0.25, -0.2) is 9.36 Å². The molecule has 2 N–H and O–H groups in total. The quantitative estimate of drug-likeness (QED) is 0.0144. The van der Waals surface area contributed by atoms with Crippen LogP contribution in [0.2, 0.25) is 0 Å². The summed E-state index contributed by atoms with van der Waals surface area (Å²) in [7, 11) is -1.33. The molecule has 2 aliphatic heterocycles. The average Bonchev–Trinajstić information content (AvgIpc) is 0.784. The lowest BCUT2D eigenvalue weighted by Gasteiger charge is -2.48. The van der Waals surface area contributed by atoms with Crippen LogP contribution in [0.5, 0.6) is 0 Å². The van der Waals surface area contributed by atoms with Crippen molar-refractivity contribution in [2.24, 2.45) is 0 Å². The van der Waals surface area contributed by atoms with Gasteiger partial charge in [-0.3, -0.25) is 28.0 Å². The Morgan fingerprint density at radius 3 is 1.52 bits per heavy atom. The molecule has 0 bridgehead atoms. The van der Waals surface area contributed by atoms with E-state index in [1.54, 1.807) is 20.1 Å². The SMILES string of the molecule is C=CCOC(=O)O[C@@H]1C(CO[C@@H]2O[C@H](COC)[C@@H](OP(=O)(OCC=C)OCC=C)[C@H](OCC[C@@H](CCCCCCC)OC)[C@H]2NC(=O)CCCCCCCCCC=CCCCCCC)O[C@H](OC=CC)[C@H](NC(=O)CC(=O)CCCCCCCCCCC)[C@H]1OCCCCCCCCCC. The number of hydrogen-bond donors (Lipinski definition) is 2. The Labute approximate surface area is 606 Å². The number of ketones is 1. The highest BCUT2D eigenvalue weighted by atomic mass is 31.2. The van der Waals surface area contributed by atoms with E-state index < -0.39 is 94.2 Å². The van der Waals surface area contributed by atoms with Gasteiger partial charge in [-0.05, 0) is 64.7 Å². The molecule has 100 heavy (non-hydrogen) atoms. The molecule has 0 aromatic heterocycles. The second-order valence-corrected chi connectivity index (χ2v) is 28.5. The number of phosphoric acid groups is 1. The summed E-state index contributed by atoms with van der Waals surface area (Å²) in [4.78, 5) is 56.2. The van der Waals surface area contributed by atoms with Gasteiger partial charge in [0.05, 0.1) is 45.2 Å². The highest BCUT2D eigenvalue weighted by Crippen LogP contribution is 2.52. The lowest BCUT2D eigenvalue weighted by atomic mass is 9.95. The predicted octanol–water partition coefficient (Wildman–Crippen LogP) is 18.8. The summed E-state index contributed by atoms with van der Waals surface area (Å²) < 4.78 is 96.9. The first-order chi connectivity index (χ1) is 48.8. The molecule has 1 unspecified atom stereocenters. The van der Waals surface area contributed by atoms with Crippen LogP contribution < -0.4 is 10.6 Å². The van der Waals surface area contributed by atoms with E-state index in [9.17, 15) is 23.7 Å². The standard InChI is InChI=1S/C79H141N2O18P/c1-11-19-23-27-30-33-34-35-36-37-38-40-42-46-50-54-69(83)80-72-76(90-61-55-66(88-10)53-49-44-26-22-14-4)74(99-100(86,94-58-17-7)95-59-18-8)67(63-87-9)96-78(72)93-64-68-73(98-79(85)92-57-16-6)75(89-60-51-47-43-32-29-25-21-13-3)71(77(97-68)91-56-15-5)81-70(84)62-65(82)52-48-45-41-39-31-28-24-20-12-2/h15-18,33-34,56,66-68,71-78H,6-8,11-14,19-32,35-55,57-64H2,1-5,9-10H3,(H,80,83)(H,81,84)/t66-,67-,68?,71-,72-,73-,74-,75-,76-,77+,78-/m1/s1. The number of carbonyl (C=O) groups is 4. The highest BCUT2D eigenvalue weighted by Gasteiger charge is 2.54. The fraction of sp³-hybridized carbons (Fsp3) is 0.823. The third-order valence-electron chi connectivity index (χ3n) is 18.2. The second-order valence-electron chi connectivity index (χ2n) is 26.9. The molecule has 0 aromatic rings. The molecule has 2 rings (SSSR count). The Morgan fingerprint density at radius 2 is 0.970 bits per heavy atom. The zero-order valence-corrected chi connectivity index (χ0v) is 64.4. The number of ether oxygens (including phenoxy) is 10. The van der Waals surface area contributed by atoms with E-state index in [2.05, 4.69) is 70.2 Å². The van der Waals surface area contributed by atoms with Gasteiger partial charge >= 0.3 is 14.0 Å². The highest BCUT2D eigenvalue weighted by molar-refractivity contribution is 7.48. The molecule has 2 amide bonds. The summed E-state index contributed by atoms with van der Waals surface area (Å²) in [5.74, 6) is -1.10. The molecule has 2 heterocycles. The minimum absolute atomic E-state index is 0.103. The number of methoxy groups -OCH3 is 2. The van der Waals surface area contributed by atoms with E-state index >= 15 is 0 Å². The van der Waals surface area contributed by atoms with Crippen LogP contribution in [-0.4, -0.2) is 152 Å². The fourth-order valence-corrected chi connectivity index (χ4v) is 13.8. The number of carbonyl (C=O) groups excluding carboxylic acids is 4. The van der Waals surface area contributed by atoms with E-state index in [0.717, 1.165) is 141 Å². The summed E-state index contributed by atoms with van der Waals surface area (Å²) in [5.41, 5.74) is 0. The molecule has 0 aliphatic carbocycles. The monoisotopic (exact) mass is 1440 g/mol. The van der Waals surface area contributed by atoms with Crippen LogP contribution in [0.1, 0.15) is 291 Å². The molecule has 580 valence electrons. The molecule has 0 aromatic carbocycles. The van der Waals surface area contributed by atoms with Gasteiger partial charge in [0.2, 0.25) is 18.1 Å². The van der Waals surface area contributed by atoms with Gasteiger partial charge in [-0.15, -0.1) is 13.2 Å². The van der Waals surface area contributed by atoms with Crippen LogP contribution in [0, 0.1) is 0 Å². The van der Waals surface area contributed by atoms with Crippen LogP contribution in [0.3, 0.4) is 0 Å². The maximum atomic E-state index is 14.8. The van der Waals surface area contributed by atoms with Gasteiger partial charge in [-0.1, -0.05) is 251 Å². The van der Waals surface area contributed by atoms with Crippen LogP contribution in [0.4, 0.5) is 4.79 Å². The van der Waals surface area contributed by atoms with Crippen molar-refractivity contribution in [1.29, 1.82) is 0 Å². The third-order valence-corrected chi connectivity index (χ3v) is 19.6. The van der Waals surface area contributed by atoms with Crippen molar-refractivity contribution in [2.45, 2.75) is 359 Å². The topological polar surface area (TPSA) is 229 Å². The molecule has 0 radical (unpaired) electrons. The number of unbranched alkanes of at least 4 members (excludes halogenated alkanes) is 30. The summed E-state index contributed by atoms with van der Waals surface area (Å²) in [6.45, 7) is 21.0. The largest absolute Gasteiger partial charge is 0.509 e. The lowest BCUT2D eigenvalue weighted by molar-refractivity contribution is -0.303. The maximum Gasteiger partial charge on any atom is 0.509 e. The third kappa shape index (κ3) is 43.5. The van der Waals surface area contributed by atoms with Crippen LogP contribution in [0.15, 0.2) is 62.5 Å². The Kier molecular flexibility index (Phi) is 57.8. The van der Waals surface area contributed by atoms with Crippen molar-refractivity contribution >= 4 is 31.6 Å². The number of amides is 2. The number of rotatable bonds is 68. The number of phosphoric ester groups is 1. The van der Waals surface area contributed by atoms with E-state index in [4.69, 9.17) is 60.9 Å². The number of hydrogen-bond acceptors (Lipinski definition) is 18. The van der Waals surface area contributed by atoms with E-state index in [0.29, 0.717) is 25.7 Å². The zero-order chi connectivity index (χ0) is 73.0. The van der Waals surface area contributed by atoms with Crippen molar-refractivity contribution < 1.29 is 84.7 Å². The fourth-order valence-electron chi connectivity index (χ4n) is 12.5.